The third-order valence-electron chi connectivity index (χ3n) is 5.87. The van der Waals surface area contributed by atoms with Gasteiger partial charge in [-0.3, -0.25) is 19.7 Å². The molecule has 0 spiro atoms. The minimum Gasteiger partial charge on any atom is -0.507 e. The van der Waals surface area contributed by atoms with Crippen LogP contribution < -0.4 is 4.74 Å². The van der Waals surface area contributed by atoms with Crippen LogP contribution in [-0.2, 0) is 9.59 Å². The fourth-order valence-electron chi connectivity index (χ4n) is 3.93. The summed E-state index contributed by atoms with van der Waals surface area (Å²) in [4.78, 5) is 40.1. The molecule has 2 aromatic carbocycles. The van der Waals surface area contributed by atoms with Crippen molar-refractivity contribution in [1.29, 1.82) is 0 Å². The van der Waals surface area contributed by atoms with Gasteiger partial charge in [0, 0.05) is 30.8 Å². The van der Waals surface area contributed by atoms with Crippen LogP contribution in [0.1, 0.15) is 31.0 Å². The Bertz CT molecular complexity index is 1060. The lowest BCUT2D eigenvalue weighted by Gasteiger charge is -2.28. The molecule has 1 saturated heterocycles. The fourth-order valence-corrected chi connectivity index (χ4v) is 3.93. The zero-order valence-corrected chi connectivity index (χ0v) is 18.9. The standard InChI is InChI=1S/C24H27N3O6/c1-4-25(5-2)14-15-26-21(16-6-10-18(11-7-16)27(31)32)20(23(29)24(26)30)22(28)17-8-12-19(33-3)13-9-17/h6-13,21,28H,4-5,14-15H2,1-3H3/b22-20-. The van der Waals surface area contributed by atoms with E-state index in [0.29, 0.717) is 23.4 Å². The van der Waals surface area contributed by atoms with E-state index in [1.54, 1.807) is 24.3 Å². The molecule has 1 aliphatic rings. The predicted molar refractivity (Wildman–Crippen MR) is 123 cm³/mol. The number of carbonyl (C=O) groups is 2. The normalized spacial score (nSPS) is 17.6. The Morgan fingerprint density at radius 1 is 1.09 bits per heavy atom. The third-order valence-corrected chi connectivity index (χ3v) is 5.87. The maximum Gasteiger partial charge on any atom is 0.295 e. The second-order valence-corrected chi connectivity index (χ2v) is 7.60. The van der Waals surface area contributed by atoms with Crippen molar-refractivity contribution < 1.29 is 24.4 Å². The number of likely N-dealkylation sites (tertiary alicyclic amines) is 1. The predicted octanol–water partition coefficient (Wildman–Crippen LogP) is 3.37. The van der Waals surface area contributed by atoms with Crippen LogP contribution in [0, 0.1) is 10.1 Å². The number of aliphatic hydroxyl groups excluding tert-OH is 1. The zero-order chi connectivity index (χ0) is 24.1. The molecule has 33 heavy (non-hydrogen) atoms. The molecule has 1 heterocycles. The van der Waals surface area contributed by atoms with Gasteiger partial charge in [-0.25, -0.2) is 0 Å². The van der Waals surface area contributed by atoms with E-state index in [-0.39, 0.29) is 23.6 Å². The number of ketones is 1. The van der Waals surface area contributed by atoms with E-state index in [0.717, 1.165) is 13.1 Å². The molecule has 3 rings (SSSR count). The van der Waals surface area contributed by atoms with Gasteiger partial charge >= 0.3 is 0 Å². The Balaban J connectivity index is 2.09. The van der Waals surface area contributed by atoms with Crippen molar-refractivity contribution in [3.8, 4) is 5.75 Å². The second kappa shape index (κ2) is 10.3. The summed E-state index contributed by atoms with van der Waals surface area (Å²) in [5, 5.41) is 22.1. The first-order chi connectivity index (χ1) is 15.8. The quantitative estimate of drug-likeness (QED) is 0.204. The number of nitro benzene ring substituents is 1. The van der Waals surface area contributed by atoms with Gasteiger partial charge in [-0.1, -0.05) is 13.8 Å². The Labute approximate surface area is 192 Å². The molecule has 9 heteroatoms. The molecule has 1 unspecified atom stereocenters. The van der Waals surface area contributed by atoms with Crippen molar-refractivity contribution in [2.45, 2.75) is 19.9 Å². The number of hydrogen-bond acceptors (Lipinski definition) is 7. The highest BCUT2D eigenvalue weighted by Gasteiger charge is 2.46. The minimum absolute atomic E-state index is 0.0430. The number of methoxy groups -OCH3 is 1. The number of nitro groups is 1. The van der Waals surface area contributed by atoms with E-state index in [9.17, 15) is 24.8 Å². The molecule has 0 aliphatic carbocycles. The highest BCUT2D eigenvalue weighted by Crippen LogP contribution is 2.39. The van der Waals surface area contributed by atoms with Gasteiger partial charge in [0.15, 0.2) is 0 Å². The maximum atomic E-state index is 13.0. The van der Waals surface area contributed by atoms with Gasteiger partial charge in [0.1, 0.15) is 11.5 Å². The average Bonchev–Trinajstić information content (AvgIpc) is 3.09. The summed E-state index contributed by atoms with van der Waals surface area (Å²) in [6.07, 6.45) is 0. The molecule has 0 radical (unpaired) electrons. The molecule has 0 aromatic heterocycles. The van der Waals surface area contributed by atoms with Gasteiger partial charge in [0.2, 0.25) is 0 Å². The number of amides is 1. The van der Waals surface area contributed by atoms with Crippen molar-refractivity contribution in [1.82, 2.24) is 9.80 Å². The largest absolute Gasteiger partial charge is 0.507 e. The molecule has 1 amide bonds. The molecule has 1 aliphatic heterocycles. The summed E-state index contributed by atoms with van der Waals surface area (Å²) in [5.74, 6) is -1.21. The number of rotatable bonds is 9. The van der Waals surface area contributed by atoms with E-state index in [1.165, 1.54) is 36.3 Å². The first-order valence-electron chi connectivity index (χ1n) is 10.7. The summed E-state index contributed by atoms with van der Waals surface area (Å²) in [7, 11) is 1.52. The molecule has 0 saturated carbocycles. The molecule has 1 atom stereocenters. The number of nitrogens with zero attached hydrogens (tertiary/aromatic N) is 3. The molecule has 174 valence electrons. The summed E-state index contributed by atoms with van der Waals surface area (Å²) >= 11 is 0. The second-order valence-electron chi connectivity index (χ2n) is 7.60. The highest BCUT2D eigenvalue weighted by molar-refractivity contribution is 6.46. The van der Waals surface area contributed by atoms with Crippen molar-refractivity contribution in [2.24, 2.45) is 0 Å². The average molecular weight is 453 g/mol. The minimum atomic E-state index is -0.858. The van der Waals surface area contributed by atoms with E-state index in [4.69, 9.17) is 4.74 Å². The van der Waals surface area contributed by atoms with Crippen LogP contribution in [0.4, 0.5) is 5.69 Å². The molecule has 1 fully saturated rings. The van der Waals surface area contributed by atoms with E-state index in [2.05, 4.69) is 4.90 Å². The van der Waals surface area contributed by atoms with E-state index in [1.807, 2.05) is 13.8 Å². The smallest absolute Gasteiger partial charge is 0.295 e. The third kappa shape index (κ3) is 4.88. The number of Topliss-reactive ketones (excluding diaryl/α,β-unsaturated/α-hetero) is 1. The molecule has 2 aromatic rings. The van der Waals surface area contributed by atoms with Gasteiger partial charge in [-0.05, 0) is 55.1 Å². The number of carbonyl (C=O) groups excluding carboxylic acids is 2. The number of benzene rings is 2. The maximum absolute atomic E-state index is 13.0. The van der Waals surface area contributed by atoms with Crippen LogP contribution in [0.25, 0.3) is 5.76 Å². The lowest BCUT2D eigenvalue weighted by atomic mass is 9.95. The monoisotopic (exact) mass is 453 g/mol. The fraction of sp³-hybridized carbons (Fsp3) is 0.333. The van der Waals surface area contributed by atoms with Crippen LogP contribution in [0.15, 0.2) is 54.1 Å². The van der Waals surface area contributed by atoms with E-state index < -0.39 is 22.7 Å². The van der Waals surface area contributed by atoms with Gasteiger partial charge in [-0.2, -0.15) is 0 Å². The van der Waals surface area contributed by atoms with E-state index >= 15 is 0 Å². The molecule has 1 N–H and O–H groups in total. The number of hydrogen-bond donors (Lipinski definition) is 1. The molecular weight excluding hydrogens is 426 g/mol. The van der Waals surface area contributed by atoms with Crippen molar-refractivity contribution in [2.75, 3.05) is 33.3 Å². The Hall–Kier alpha value is -3.72. The highest BCUT2D eigenvalue weighted by atomic mass is 16.6. The van der Waals surface area contributed by atoms with Crippen LogP contribution in [0.5, 0.6) is 5.75 Å². The number of aliphatic hydroxyl groups is 1. The van der Waals surface area contributed by atoms with Crippen LogP contribution in [0.3, 0.4) is 0 Å². The Morgan fingerprint density at radius 3 is 2.21 bits per heavy atom. The van der Waals surface area contributed by atoms with Crippen LogP contribution in [-0.4, -0.2) is 64.8 Å². The van der Waals surface area contributed by atoms with Gasteiger partial charge in [0.25, 0.3) is 17.4 Å². The SMILES string of the molecule is CCN(CC)CCN1C(=O)C(=O)/C(=C(\O)c2ccc(OC)cc2)C1c1ccc([N+](=O)[O-])cc1. The lowest BCUT2D eigenvalue weighted by Crippen LogP contribution is -2.38. The topological polar surface area (TPSA) is 113 Å². The Kier molecular flexibility index (Phi) is 7.44. The lowest BCUT2D eigenvalue weighted by molar-refractivity contribution is -0.384. The zero-order valence-electron chi connectivity index (χ0n) is 18.9. The Morgan fingerprint density at radius 2 is 1.70 bits per heavy atom. The first kappa shape index (κ1) is 23.9. The summed E-state index contributed by atoms with van der Waals surface area (Å²) in [6.45, 7) is 6.41. The van der Waals surface area contributed by atoms with Crippen molar-refractivity contribution in [3.63, 3.8) is 0 Å². The molecule has 9 nitrogen and oxygen atoms in total. The van der Waals surface area contributed by atoms with Gasteiger partial charge in [-0.15, -0.1) is 0 Å². The van der Waals surface area contributed by atoms with Crippen LogP contribution in [0.2, 0.25) is 0 Å². The van der Waals surface area contributed by atoms with Crippen molar-refractivity contribution in [3.05, 3.63) is 75.3 Å². The van der Waals surface area contributed by atoms with Gasteiger partial charge < -0.3 is 19.6 Å². The van der Waals surface area contributed by atoms with Crippen molar-refractivity contribution >= 4 is 23.1 Å². The summed E-state index contributed by atoms with van der Waals surface area (Å²) in [6, 6.07) is 11.3. The van der Waals surface area contributed by atoms with Crippen LogP contribution >= 0.6 is 0 Å². The number of likely N-dealkylation sites (N-methyl/N-ethyl adjacent to an activating group) is 1. The number of ether oxygens (including phenoxy) is 1. The van der Waals surface area contributed by atoms with Gasteiger partial charge in [0.05, 0.1) is 23.6 Å². The molecular formula is C24H27N3O6. The number of non-ortho nitro benzene ring substituents is 1. The first-order valence-corrected chi connectivity index (χ1v) is 10.7. The molecule has 0 bridgehead atoms. The summed E-state index contributed by atoms with van der Waals surface area (Å²) in [5.41, 5.74) is 0.728. The summed E-state index contributed by atoms with van der Waals surface area (Å²) < 4.78 is 5.14.